The quantitative estimate of drug-likeness (QED) is 0.464. The molecule has 0 aliphatic heterocycles. The molecule has 2 aromatic rings. The molecule has 0 radical (unpaired) electrons. The van der Waals surface area contributed by atoms with E-state index in [1.54, 1.807) is 0 Å². The number of aryl methyl sites for hydroxylation is 1. The van der Waals surface area contributed by atoms with Crippen LogP contribution in [0.2, 0.25) is 5.02 Å². The smallest absolute Gasteiger partial charge is 0.180 e. The van der Waals surface area contributed by atoms with Crippen LogP contribution in [0.5, 0.6) is 11.5 Å². The molecule has 0 aromatic heterocycles. The molecule has 0 spiro atoms. The molecule has 2 aromatic carbocycles. The second-order valence-electron chi connectivity index (χ2n) is 6.25. The summed E-state index contributed by atoms with van der Waals surface area (Å²) in [5.41, 5.74) is 3.42. The van der Waals surface area contributed by atoms with E-state index in [1.807, 2.05) is 26.1 Å². The van der Waals surface area contributed by atoms with Crippen LogP contribution in [-0.2, 0) is 13.2 Å². The molecule has 0 aliphatic carbocycles. The molecule has 158 valence electrons. The van der Waals surface area contributed by atoms with Gasteiger partial charge < -0.3 is 20.1 Å². The number of ether oxygens (including phenoxy) is 2. The molecule has 2 N–H and O–H groups in total. The van der Waals surface area contributed by atoms with Gasteiger partial charge in [0, 0.05) is 6.54 Å². The highest BCUT2D eigenvalue weighted by Gasteiger charge is 2.13. The van der Waals surface area contributed by atoms with E-state index in [-0.39, 0.29) is 24.8 Å². The van der Waals surface area contributed by atoms with Gasteiger partial charge in [0.05, 0.1) is 11.6 Å². The van der Waals surface area contributed by atoms with Crippen molar-refractivity contribution in [2.24, 2.45) is 0 Å². The van der Waals surface area contributed by atoms with Gasteiger partial charge in [0.1, 0.15) is 6.61 Å². The van der Waals surface area contributed by atoms with Gasteiger partial charge in [-0.05, 0) is 63.7 Å². The van der Waals surface area contributed by atoms with Crippen molar-refractivity contribution < 1.29 is 9.47 Å². The molecule has 0 atom stereocenters. The Morgan fingerprint density at radius 2 is 1.68 bits per heavy atom. The summed E-state index contributed by atoms with van der Waals surface area (Å²) in [6.07, 6.45) is 1.08. The number of nitrogens with one attached hydrogen (secondary N) is 2. The first kappa shape index (κ1) is 26.8. The van der Waals surface area contributed by atoms with Crippen molar-refractivity contribution in [2.75, 3.05) is 26.7 Å². The molecule has 0 fully saturated rings. The predicted octanol–water partition coefficient (Wildman–Crippen LogP) is 5.17. The first-order valence-electron chi connectivity index (χ1n) is 9.13. The summed E-state index contributed by atoms with van der Waals surface area (Å²) in [5.74, 6) is 1.30. The highest BCUT2D eigenvalue weighted by Crippen LogP contribution is 2.37. The maximum absolute atomic E-state index is 6.48. The van der Waals surface area contributed by atoms with Crippen LogP contribution >= 0.6 is 36.4 Å². The average Bonchev–Trinajstić information content (AvgIpc) is 2.62. The fourth-order valence-electron chi connectivity index (χ4n) is 2.59. The summed E-state index contributed by atoms with van der Waals surface area (Å²) in [6, 6.07) is 12.2. The zero-order chi connectivity index (χ0) is 18.8. The van der Waals surface area contributed by atoms with Crippen molar-refractivity contribution in [3.63, 3.8) is 0 Å². The minimum Gasteiger partial charge on any atom is -0.490 e. The minimum atomic E-state index is 0. The molecule has 0 unspecified atom stereocenters. The number of hydrogen-bond acceptors (Lipinski definition) is 4. The summed E-state index contributed by atoms with van der Waals surface area (Å²) in [6.45, 7) is 7.76. The van der Waals surface area contributed by atoms with E-state index in [1.165, 1.54) is 5.56 Å². The summed E-state index contributed by atoms with van der Waals surface area (Å²) in [5, 5.41) is 7.14. The molecule has 0 saturated heterocycles. The summed E-state index contributed by atoms with van der Waals surface area (Å²) in [4.78, 5) is 0. The molecular formula is C21H31Cl3N2O2. The molecule has 2 rings (SSSR count). The van der Waals surface area contributed by atoms with Gasteiger partial charge in [-0.2, -0.15) is 0 Å². The Bertz CT molecular complexity index is 682. The van der Waals surface area contributed by atoms with E-state index in [0.29, 0.717) is 29.7 Å². The molecule has 28 heavy (non-hydrogen) atoms. The Balaban J connectivity index is 0.00000364. The Labute approximate surface area is 186 Å². The van der Waals surface area contributed by atoms with Crippen LogP contribution in [0.4, 0.5) is 0 Å². The second kappa shape index (κ2) is 14.8. The van der Waals surface area contributed by atoms with Crippen molar-refractivity contribution in [3.8, 4) is 11.5 Å². The molecule has 0 bridgehead atoms. The third kappa shape index (κ3) is 8.89. The van der Waals surface area contributed by atoms with Gasteiger partial charge in [-0.3, -0.25) is 0 Å². The number of halogens is 3. The van der Waals surface area contributed by atoms with E-state index in [2.05, 4.69) is 41.8 Å². The molecule has 4 nitrogen and oxygen atoms in total. The predicted molar refractivity (Wildman–Crippen MR) is 123 cm³/mol. The molecule has 0 saturated carbocycles. The maximum atomic E-state index is 6.48. The van der Waals surface area contributed by atoms with Crippen LogP contribution in [0, 0.1) is 6.92 Å². The molecule has 0 aliphatic rings. The largest absolute Gasteiger partial charge is 0.490 e. The second-order valence-corrected chi connectivity index (χ2v) is 6.65. The minimum absolute atomic E-state index is 0. The normalized spacial score (nSPS) is 10.0. The highest BCUT2D eigenvalue weighted by molar-refractivity contribution is 6.32. The monoisotopic (exact) mass is 448 g/mol. The van der Waals surface area contributed by atoms with Crippen LogP contribution in [-0.4, -0.2) is 26.7 Å². The zero-order valence-corrected chi connectivity index (χ0v) is 19.1. The maximum Gasteiger partial charge on any atom is 0.180 e. The zero-order valence-electron chi connectivity index (χ0n) is 16.7. The lowest BCUT2D eigenvalue weighted by atomic mass is 10.1. The Kier molecular flexibility index (Phi) is 14.2. The first-order valence-corrected chi connectivity index (χ1v) is 9.50. The van der Waals surface area contributed by atoms with Crippen molar-refractivity contribution in [1.82, 2.24) is 10.6 Å². The topological polar surface area (TPSA) is 42.5 Å². The molecule has 0 amide bonds. The third-order valence-electron chi connectivity index (χ3n) is 3.98. The Hall–Kier alpha value is -1.17. The van der Waals surface area contributed by atoms with Crippen LogP contribution < -0.4 is 20.1 Å². The van der Waals surface area contributed by atoms with Gasteiger partial charge in [0.25, 0.3) is 0 Å². The lowest BCUT2D eigenvalue weighted by molar-refractivity contribution is 0.269. The standard InChI is InChI=1S/C21H29ClN2O2.2ClH/c1-4-25-20-13-18(14-24-11-5-10-23-3)12-19(22)21(20)26-15-17-8-6-16(2)7-9-17;;/h6-9,12-13,23-24H,4-5,10-11,14-15H2,1-3H3;2*1H. The summed E-state index contributed by atoms with van der Waals surface area (Å²) < 4.78 is 11.7. The van der Waals surface area contributed by atoms with Crippen LogP contribution in [0.25, 0.3) is 0 Å². The molecular weight excluding hydrogens is 419 g/mol. The van der Waals surface area contributed by atoms with Crippen LogP contribution in [0.15, 0.2) is 36.4 Å². The van der Waals surface area contributed by atoms with E-state index >= 15 is 0 Å². The van der Waals surface area contributed by atoms with E-state index < -0.39 is 0 Å². The first-order chi connectivity index (χ1) is 12.6. The summed E-state index contributed by atoms with van der Waals surface area (Å²) in [7, 11) is 1.96. The fourth-order valence-corrected chi connectivity index (χ4v) is 2.88. The van der Waals surface area contributed by atoms with E-state index in [0.717, 1.165) is 37.2 Å². The van der Waals surface area contributed by atoms with Crippen LogP contribution in [0.1, 0.15) is 30.0 Å². The number of rotatable bonds is 11. The molecule has 0 heterocycles. The van der Waals surface area contributed by atoms with Crippen molar-refractivity contribution in [2.45, 2.75) is 33.4 Å². The lowest BCUT2D eigenvalue weighted by Gasteiger charge is -2.16. The fraction of sp³-hybridized carbons (Fsp3) is 0.429. The van der Waals surface area contributed by atoms with E-state index in [4.69, 9.17) is 21.1 Å². The van der Waals surface area contributed by atoms with Gasteiger partial charge in [0.15, 0.2) is 11.5 Å². The Morgan fingerprint density at radius 1 is 0.964 bits per heavy atom. The molecule has 7 heteroatoms. The lowest BCUT2D eigenvalue weighted by Crippen LogP contribution is -2.19. The number of benzene rings is 2. The number of hydrogen-bond donors (Lipinski definition) is 2. The average molecular weight is 450 g/mol. The van der Waals surface area contributed by atoms with Crippen molar-refractivity contribution in [1.29, 1.82) is 0 Å². The Morgan fingerprint density at radius 3 is 2.32 bits per heavy atom. The SMILES string of the molecule is CCOc1cc(CNCCCNC)cc(Cl)c1OCc1ccc(C)cc1.Cl.Cl. The highest BCUT2D eigenvalue weighted by atomic mass is 35.5. The van der Waals surface area contributed by atoms with Crippen molar-refractivity contribution in [3.05, 3.63) is 58.1 Å². The van der Waals surface area contributed by atoms with Gasteiger partial charge in [-0.1, -0.05) is 41.4 Å². The summed E-state index contributed by atoms with van der Waals surface area (Å²) >= 11 is 6.48. The van der Waals surface area contributed by atoms with Crippen LogP contribution in [0.3, 0.4) is 0 Å². The van der Waals surface area contributed by atoms with Crippen molar-refractivity contribution >= 4 is 36.4 Å². The van der Waals surface area contributed by atoms with E-state index in [9.17, 15) is 0 Å². The van der Waals surface area contributed by atoms with Gasteiger partial charge in [-0.25, -0.2) is 0 Å². The third-order valence-corrected chi connectivity index (χ3v) is 4.26. The van der Waals surface area contributed by atoms with Gasteiger partial charge in [-0.15, -0.1) is 24.8 Å². The van der Waals surface area contributed by atoms with Gasteiger partial charge >= 0.3 is 0 Å². The van der Waals surface area contributed by atoms with Gasteiger partial charge in [0.2, 0.25) is 0 Å².